The topological polar surface area (TPSA) is 314 Å². The number of anilines is 2. The van der Waals surface area contributed by atoms with Crippen LogP contribution in [0, 0.1) is 6.92 Å². The van der Waals surface area contributed by atoms with Crippen LogP contribution in [0.5, 0.6) is 11.5 Å². The molecule has 0 aromatic heterocycles. The Hall–Kier alpha value is -6.11. The van der Waals surface area contributed by atoms with Gasteiger partial charge in [-0.25, -0.2) is 5.26 Å². The molecule has 19 nitrogen and oxygen atoms in total. The van der Waals surface area contributed by atoms with Gasteiger partial charge in [0.05, 0.1) is 45.4 Å². The molecule has 0 amide bonds. The highest BCUT2D eigenvalue weighted by molar-refractivity contribution is 7.94. The highest BCUT2D eigenvalue weighted by atomic mass is 32.2. The molecule has 0 aliphatic rings. The molecule has 0 atom stereocenters. The van der Waals surface area contributed by atoms with Crippen LogP contribution in [0.15, 0.2) is 130 Å². The highest BCUT2D eigenvalue weighted by Gasteiger charge is 2.19. The average Bonchev–Trinajstić information content (AvgIpc) is 3.12. The van der Waals surface area contributed by atoms with Crippen molar-refractivity contribution in [2.24, 2.45) is 30.7 Å². The minimum Gasteiger partial charge on any atom is -0.506 e. The summed E-state index contributed by atoms with van der Waals surface area (Å²) in [6, 6.07) is 19.8. The Bertz CT molecular complexity index is 2840. The summed E-state index contributed by atoms with van der Waals surface area (Å²) in [5, 5.41) is 60.7. The molecule has 0 radical (unpaired) electrons. The molecule has 0 fully saturated rings. The van der Waals surface area contributed by atoms with Crippen LogP contribution in [0.4, 0.5) is 45.5 Å². The van der Waals surface area contributed by atoms with Crippen LogP contribution in [-0.2, 0) is 29.6 Å². The smallest absolute Gasteiger partial charge is 0.296 e. The number of aryl methyl sites for hydroxylation is 1. The standard InChI is InChI=1S/C33H26N8O11S3/c1-16-9-27(28(42)14-25(16)38-36-19-7-8-21-17(10-19)3-2-4-30(21)54(45,46)47)40-41-32-29(53-52-51-44)11-18-5-6-20(12-22(18)33(32)43)37-39-26-15-31(55(48,49)50)24(35)13-23(26)34/h2-15,42-44H,34-35H2,1H3,(H,45,46,47)(H,48,49,50). The summed E-state index contributed by atoms with van der Waals surface area (Å²) in [6.07, 6.45) is 0. The molecule has 6 aromatic rings. The summed E-state index contributed by atoms with van der Waals surface area (Å²) in [6.45, 7) is 1.67. The molecule has 0 unspecified atom stereocenters. The molecule has 0 saturated carbocycles. The number of fused-ring (bicyclic) bond motifs is 2. The molecule has 6 rings (SSSR count). The monoisotopic (exact) mass is 806 g/mol. The largest absolute Gasteiger partial charge is 0.506 e. The fourth-order valence-electron chi connectivity index (χ4n) is 5.23. The SMILES string of the molecule is Cc1cc(N=Nc2c(SOOO)cc3ccc(N=Nc4cc(S(=O)(=O)O)c(N)cc4N)cc3c2O)c(O)cc1N=Nc1ccc2c(S(=O)(=O)O)cccc2c1. The van der Waals surface area contributed by atoms with Gasteiger partial charge in [-0.1, -0.05) is 29.3 Å². The van der Waals surface area contributed by atoms with Gasteiger partial charge in [-0.15, -0.1) is 19.7 Å². The lowest BCUT2D eigenvalue weighted by Gasteiger charge is -2.10. The van der Waals surface area contributed by atoms with Gasteiger partial charge in [0.25, 0.3) is 20.2 Å². The zero-order valence-corrected chi connectivity index (χ0v) is 30.3. The number of aromatic hydroxyl groups is 2. The summed E-state index contributed by atoms with van der Waals surface area (Å²) in [5.41, 5.74) is 12.3. The molecule has 0 heterocycles. The fraction of sp³-hybridized carbons (Fsp3) is 0.0303. The Morgan fingerprint density at radius 2 is 1.29 bits per heavy atom. The second-order valence-corrected chi connectivity index (χ2v) is 15.0. The maximum atomic E-state index is 11.7. The first-order valence-corrected chi connectivity index (χ1v) is 18.9. The van der Waals surface area contributed by atoms with Gasteiger partial charge in [-0.05, 0) is 77.9 Å². The first-order chi connectivity index (χ1) is 26.0. The van der Waals surface area contributed by atoms with E-state index in [1.165, 1.54) is 54.6 Å². The van der Waals surface area contributed by atoms with Crippen LogP contribution >= 0.6 is 12.0 Å². The Balaban J connectivity index is 1.31. The van der Waals surface area contributed by atoms with Crippen LogP contribution in [0.2, 0.25) is 0 Å². The van der Waals surface area contributed by atoms with E-state index in [2.05, 4.69) is 40.1 Å². The molecule has 282 valence electrons. The molecule has 0 aliphatic heterocycles. The molecule has 9 N–H and O–H groups in total. The summed E-state index contributed by atoms with van der Waals surface area (Å²) in [7, 11) is -9.12. The zero-order chi connectivity index (χ0) is 39.7. The first kappa shape index (κ1) is 38.6. The number of hydrogen-bond donors (Lipinski definition) is 7. The van der Waals surface area contributed by atoms with Crippen molar-refractivity contribution in [3.8, 4) is 11.5 Å². The summed E-state index contributed by atoms with van der Waals surface area (Å²) in [4.78, 5) is -0.724. The predicted octanol–water partition coefficient (Wildman–Crippen LogP) is 9.04. The first-order valence-electron chi connectivity index (χ1n) is 15.2. The number of benzene rings is 6. The summed E-state index contributed by atoms with van der Waals surface area (Å²) >= 11 is 0.492. The van der Waals surface area contributed by atoms with Crippen molar-refractivity contribution in [2.45, 2.75) is 21.6 Å². The molecule has 0 saturated heterocycles. The number of hydrogen-bond acceptors (Lipinski definition) is 18. The van der Waals surface area contributed by atoms with E-state index < -0.39 is 30.9 Å². The molecule has 55 heavy (non-hydrogen) atoms. The van der Waals surface area contributed by atoms with Gasteiger partial charge >= 0.3 is 0 Å². The average molecular weight is 807 g/mol. The number of rotatable bonds is 11. The van der Waals surface area contributed by atoms with Crippen molar-refractivity contribution in [3.63, 3.8) is 0 Å². The van der Waals surface area contributed by atoms with Gasteiger partial charge in [0.2, 0.25) is 0 Å². The van der Waals surface area contributed by atoms with Crippen molar-refractivity contribution >= 4 is 99.3 Å². The predicted molar refractivity (Wildman–Crippen MR) is 200 cm³/mol. The summed E-state index contributed by atoms with van der Waals surface area (Å²) < 4.78 is 70.4. The van der Waals surface area contributed by atoms with E-state index in [1.54, 1.807) is 25.1 Å². The van der Waals surface area contributed by atoms with Crippen molar-refractivity contribution in [3.05, 3.63) is 90.5 Å². The van der Waals surface area contributed by atoms with E-state index in [1.807, 2.05) is 0 Å². The molecule has 6 aromatic carbocycles. The minimum atomic E-state index is -4.68. The van der Waals surface area contributed by atoms with E-state index in [4.69, 9.17) is 16.7 Å². The van der Waals surface area contributed by atoms with E-state index >= 15 is 0 Å². The van der Waals surface area contributed by atoms with E-state index in [0.29, 0.717) is 39.5 Å². The van der Waals surface area contributed by atoms with Gasteiger partial charge in [0.1, 0.15) is 32.6 Å². The Morgan fingerprint density at radius 3 is 2.00 bits per heavy atom. The van der Waals surface area contributed by atoms with Gasteiger partial charge in [-0.3, -0.25) is 9.11 Å². The maximum absolute atomic E-state index is 11.7. The van der Waals surface area contributed by atoms with E-state index in [9.17, 15) is 36.2 Å². The van der Waals surface area contributed by atoms with Gasteiger partial charge in [0.15, 0.2) is 5.75 Å². The second-order valence-electron chi connectivity index (χ2n) is 11.5. The molecule has 0 aliphatic carbocycles. The number of phenolic OH excluding ortho intramolecular Hbond substituents is 2. The molecule has 0 spiro atoms. The highest BCUT2D eigenvalue weighted by Crippen LogP contribution is 2.46. The number of nitrogens with zero attached hydrogens (tertiary/aromatic N) is 6. The van der Waals surface area contributed by atoms with Crippen LogP contribution < -0.4 is 11.5 Å². The van der Waals surface area contributed by atoms with Gasteiger partial charge in [-0.2, -0.15) is 32.2 Å². The van der Waals surface area contributed by atoms with Crippen LogP contribution in [-0.4, -0.2) is 41.4 Å². The van der Waals surface area contributed by atoms with Gasteiger partial charge in [0, 0.05) is 16.8 Å². The van der Waals surface area contributed by atoms with Crippen molar-refractivity contribution in [2.75, 3.05) is 11.5 Å². The van der Waals surface area contributed by atoms with Crippen LogP contribution in [0.1, 0.15) is 5.56 Å². The third kappa shape index (κ3) is 8.51. The number of nitrogens with two attached hydrogens (primary N) is 2. The fourth-order valence-corrected chi connectivity index (χ4v) is 7.06. The quantitative estimate of drug-likeness (QED) is 0.0160. The van der Waals surface area contributed by atoms with Crippen LogP contribution in [0.25, 0.3) is 21.5 Å². The normalized spacial score (nSPS) is 12.6. The van der Waals surface area contributed by atoms with Crippen molar-refractivity contribution < 1.29 is 50.8 Å². The molecule has 0 bridgehead atoms. The number of azo groups is 3. The lowest BCUT2D eigenvalue weighted by molar-refractivity contribution is -0.432. The molecule has 22 heteroatoms. The van der Waals surface area contributed by atoms with Crippen molar-refractivity contribution in [1.29, 1.82) is 0 Å². The summed E-state index contributed by atoms with van der Waals surface area (Å²) in [5.74, 6) is -0.783. The third-order valence-electron chi connectivity index (χ3n) is 7.83. The second kappa shape index (κ2) is 15.3. The molecular weight excluding hydrogens is 781 g/mol. The zero-order valence-electron chi connectivity index (χ0n) is 27.8. The lowest BCUT2D eigenvalue weighted by Crippen LogP contribution is -2.04. The van der Waals surface area contributed by atoms with E-state index in [0.717, 1.165) is 12.1 Å². The third-order valence-corrected chi connectivity index (χ3v) is 10.3. The Kier molecular flexibility index (Phi) is 10.8. The number of nitrogen functional groups attached to an aromatic ring is 2. The van der Waals surface area contributed by atoms with Crippen molar-refractivity contribution in [1.82, 2.24) is 0 Å². The molecular formula is C33H26N8O11S3. The maximum Gasteiger partial charge on any atom is 0.296 e. The van der Waals surface area contributed by atoms with E-state index in [-0.39, 0.29) is 60.7 Å². The Morgan fingerprint density at radius 1 is 0.636 bits per heavy atom. The van der Waals surface area contributed by atoms with Gasteiger partial charge < -0.3 is 21.7 Å². The minimum absolute atomic E-state index is 0.0218. The number of phenols is 2. The lowest BCUT2D eigenvalue weighted by atomic mass is 10.1. The Labute approximate surface area is 314 Å². The van der Waals surface area contributed by atoms with Crippen LogP contribution in [0.3, 0.4) is 0 Å².